The first-order valence-corrected chi connectivity index (χ1v) is 6.41. The fourth-order valence-electron chi connectivity index (χ4n) is 2.03. The molecule has 3 unspecified atom stereocenters. The molecule has 1 aliphatic carbocycles. The van der Waals surface area contributed by atoms with Gasteiger partial charge in [-0.1, -0.05) is 0 Å². The van der Waals surface area contributed by atoms with Crippen LogP contribution in [-0.2, 0) is 4.79 Å². The van der Waals surface area contributed by atoms with Crippen molar-refractivity contribution in [2.75, 3.05) is 6.26 Å². The molecule has 1 saturated carbocycles. The molecule has 3 nitrogen and oxygen atoms in total. The molecule has 14 heavy (non-hydrogen) atoms. The first-order valence-electron chi connectivity index (χ1n) is 5.12. The van der Waals surface area contributed by atoms with Crippen LogP contribution in [0.5, 0.6) is 0 Å². The van der Waals surface area contributed by atoms with Crippen LogP contribution in [-0.4, -0.2) is 34.7 Å². The summed E-state index contributed by atoms with van der Waals surface area (Å²) in [6.45, 7) is 1.94. The van der Waals surface area contributed by atoms with E-state index in [9.17, 15) is 4.79 Å². The molecule has 0 aromatic carbocycles. The third kappa shape index (κ3) is 3.88. The van der Waals surface area contributed by atoms with E-state index in [1.807, 2.05) is 18.7 Å². The van der Waals surface area contributed by atoms with Crippen molar-refractivity contribution in [2.24, 2.45) is 0 Å². The number of carbonyl (C=O) groups is 1. The third-order valence-corrected chi connectivity index (χ3v) is 3.81. The van der Waals surface area contributed by atoms with Crippen LogP contribution in [0.2, 0.25) is 0 Å². The molecule has 0 amide bonds. The topological polar surface area (TPSA) is 49.3 Å². The van der Waals surface area contributed by atoms with Crippen molar-refractivity contribution in [1.29, 1.82) is 0 Å². The lowest BCUT2D eigenvalue weighted by molar-refractivity contribution is -0.137. The molecule has 1 fully saturated rings. The number of rotatable bonds is 5. The highest BCUT2D eigenvalue weighted by atomic mass is 32.2. The van der Waals surface area contributed by atoms with Crippen molar-refractivity contribution in [2.45, 2.75) is 49.9 Å². The molecule has 0 aromatic rings. The maximum absolute atomic E-state index is 10.5. The Morgan fingerprint density at radius 3 is 2.86 bits per heavy atom. The van der Waals surface area contributed by atoms with E-state index < -0.39 is 5.97 Å². The summed E-state index contributed by atoms with van der Waals surface area (Å²) in [7, 11) is 0. The number of carboxylic acids is 1. The molecule has 0 heterocycles. The van der Waals surface area contributed by atoms with Gasteiger partial charge in [0, 0.05) is 17.3 Å². The van der Waals surface area contributed by atoms with Crippen LogP contribution in [0.1, 0.15) is 32.6 Å². The predicted octanol–water partition coefficient (Wildman–Crippen LogP) is 1.72. The lowest BCUT2D eigenvalue weighted by Gasteiger charge is -2.17. The van der Waals surface area contributed by atoms with E-state index in [0.717, 1.165) is 5.25 Å². The molecular formula is C10H19NO2S. The maximum atomic E-state index is 10.5. The minimum Gasteiger partial charge on any atom is -0.481 e. The molecule has 0 radical (unpaired) electrons. The van der Waals surface area contributed by atoms with Gasteiger partial charge >= 0.3 is 5.97 Å². The van der Waals surface area contributed by atoms with Crippen LogP contribution in [0.25, 0.3) is 0 Å². The van der Waals surface area contributed by atoms with Crippen LogP contribution < -0.4 is 5.32 Å². The van der Waals surface area contributed by atoms with Gasteiger partial charge in [-0.2, -0.15) is 11.8 Å². The van der Waals surface area contributed by atoms with Gasteiger partial charge in [0.15, 0.2) is 0 Å². The lowest BCUT2D eigenvalue weighted by atomic mass is 10.2. The Hall–Kier alpha value is -0.220. The fraction of sp³-hybridized carbons (Fsp3) is 0.900. The molecular weight excluding hydrogens is 198 g/mol. The van der Waals surface area contributed by atoms with Crippen LogP contribution in [0.15, 0.2) is 0 Å². The molecule has 0 aromatic heterocycles. The Balaban J connectivity index is 2.21. The zero-order valence-electron chi connectivity index (χ0n) is 8.82. The zero-order chi connectivity index (χ0) is 10.6. The Morgan fingerprint density at radius 2 is 2.36 bits per heavy atom. The summed E-state index contributed by atoms with van der Waals surface area (Å²) in [5.74, 6) is -0.718. The SMILES string of the molecule is CSC1CCC(NC(C)CC(=O)O)C1. The number of nitrogens with one attached hydrogen (secondary N) is 1. The van der Waals surface area contributed by atoms with Crippen LogP contribution in [0, 0.1) is 0 Å². The van der Waals surface area contributed by atoms with Gasteiger partial charge in [0.1, 0.15) is 0 Å². The van der Waals surface area contributed by atoms with Crippen molar-refractivity contribution in [1.82, 2.24) is 5.32 Å². The first kappa shape index (κ1) is 11.9. The molecule has 3 atom stereocenters. The highest BCUT2D eigenvalue weighted by molar-refractivity contribution is 7.99. The summed E-state index contributed by atoms with van der Waals surface area (Å²) in [4.78, 5) is 10.5. The van der Waals surface area contributed by atoms with E-state index in [1.54, 1.807) is 0 Å². The van der Waals surface area contributed by atoms with E-state index in [1.165, 1.54) is 19.3 Å². The molecule has 2 N–H and O–H groups in total. The van der Waals surface area contributed by atoms with Gasteiger partial charge in [-0.05, 0) is 32.4 Å². The van der Waals surface area contributed by atoms with Gasteiger partial charge in [-0.3, -0.25) is 4.79 Å². The van der Waals surface area contributed by atoms with Gasteiger partial charge < -0.3 is 10.4 Å². The van der Waals surface area contributed by atoms with Crippen molar-refractivity contribution in [3.63, 3.8) is 0 Å². The molecule has 1 rings (SSSR count). The van der Waals surface area contributed by atoms with E-state index in [-0.39, 0.29) is 12.5 Å². The van der Waals surface area contributed by atoms with Crippen molar-refractivity contribution < 1.29 is 9.90 Å². The summed E-state index contributed by atoms with van der Waals surface area (Å²) >= 11 is 1.92. The fourth-order valence-corrected chi connectivity index (χ4v) is 2.83. The Morgan fingerprint density at radius 1 is 1.64 bits per heavy atom. The van der Waals surface area contributed by atoms with Gasteiger partial charge in [-0.25, -0.2) is 0 Å². The van der Waals surface area contributed by atoms with E-state index in [4.69, 9.17) is 5.11 Å². The van der Waals surface area contributed by atoms with Gasteiger partial charge in [0.25, 0.3) is 0 Å². The quantitative estimate of drug-likeness (QED) is 0.736. The molecule has 0 bridgehead atoms. The predicted molar refractivity (Wildman–Crippen MR) is 59.8 cm³/mol. The summed E-state index contributed by atoms with van der Waals surface area (Å²) in [5.41, 5.74) is 0. The highest BCUT2D eigenvalue weighted by Crippen LogP contribution is 2.28. The molecule has 0 saturated heterocycles. The average Bonchev–Trinajstić information content (AvgIpc) is 2.50. The van der Waals surface area contributed by atoms with E-state index >= 15 is 0 Å². The molecule has 82 valence electrons. The minimum atomic E-state index is -0.718. The smallest absolute Gasteiger partial charge is 0.304 e. The lowest BCUT2D eigenvalue weighted by Crippen LogP contribution is -2.36. The monoisotopic (exact) mass is 217 g/mol. The first-order chi connectivity index (χ1) is 6.61. The Labute approximate surface area is 89.6 Å². The number of thioether (sulfide) groups is 1. The summed E-state index contributed by atoms with van der Waals surface area (Å²) in [6.07, 6.45) is 6.01. The molecule has 1 aliphatic rings. The summed E-state index contributed by atoms with van der Waals surface area (Å²) in [6, 6.07) is 0.625. The summed E-state index contributed by atoms with van der Waals surface area (Å²) < 4.78 is 0. The Kier molecular flexibility index (Phi) is 4.75. The maximum Gasteiger partial charge on any atom is 0.304 e. The van der Waals surface area contributed by atoms with Crippen molar-refractivity contribution >= 4 is 17.7 Å². The van der Waals surface area contributed by atoms with Gasteiger partial charge in [0.2, 0.25) is 0 Å². The second-order valence-corrected chi connectivity index (χ2v) is 5.17. The van der Waals surface area contributed by atoms with Gasteiger partial charge in [0.05, 0.1) is 6.42 Å². The van der Waals surface area contributed by atoms with Crippen molar-refractivity contribution in [3.8, 4) is 0 Å². The molecule has 0 aliphatic heterocycles. The number of carboxylic acid groups (broad SMARTS) is 1. The van der Waals surface area contributed by atoms with Crippen LogP contribution in [0.3, 0.4) is 0 Å². The Bertz CT molecular complexity index is 199. The van der Waals surface area contributed by atoms with E-state index in [2.05, 4.69) is 11.6 Å². The average molecular weight is 217 g/mol. The normalized spacial score (nSPS) is 29.0. The molecule has 4 heteroatoms. The van der Waals surface area contributed by atoms with Crippen LogP contribution >= 0.6 is 11.8 Å². The summed E-state index contributed by atoms with van der Waals surface area (Å²) in [5, 5.41) is 12.8. The standard InChI is InChI=1S/C10H19NO2S/c1-7(5-10(12)13)11-8-3-4-9(6-8)14-2/h7-9,11H,3-6H2,1-2H3,(H,12,13). The second kappa shape index (κ2) is 5.61. The minimum absolute atomic E-state index is 0.0955. The molecule has 0 spiro atoms. The number of hydrogen-bond donors (Lipinski definition) is 2. The largest absolute Gasteiger partial charge is 0.481 e. The second-order valence-electron chi connectivity index (χ2n) is 4.03. The zero-order valence-corrected chi connectivity index (χ0v) is 9.64. The highest BCUT2D eigenvalue weighted by Gasteiger charge is 2.25. The van der Waals surface area contributed by atoms with Crippen molar-refractivity contribution in [3.05, 3.63) is 0 Å². The third-order valence-electron chi connectivity index (χ3n) is 2.72. The number of hydrogen-bond acceptors (Lipinski definition) is 3. The van der Waals surface area contributed by atoms with E-state index in [0.29, 0.717) is 6.04 Å². The van der Waals surface area contributed by atoms with Gasteiger partial charge in [-0.15, -0.1) is 0 Å². The van der Waals surface area contributed by atoms with Crippen LogP contribution in [0.4, 0.5) is 0 Å². The number of aliphatic carboxylic acids is 1.